The van der Waals surface area contributed by atoms with Crippen LogP contribution in [0.3, 0.4) is 0 Å². The van der Waals surface area contributed by atoms with Gasteiger partial charge in [0.2, 0.25) is 0 Å². The Bertz CT molecular complexity index is 141. The molecule has 0 aliphatic heterocycles. The van der Waals surface area contributed by atoms with Gasteiger partial charge in [-0.25, -0.2) is 0 Å². The Morgan fingerprint density at radius 1 is 1.00 bits per heavy atom. The van der Waals surface area contributed by atoms with Crippen LogP contribution < -0.4 is 0 Å². The zero-order chi connectivity index (χ0) is 9.99. The fourth-order valence-corrected chi connectivity index (χ4v) is 1.41. The van der Waals surface area contributed by atoms with Crippen LogP contribution in [0.1, 0.15) is 47.5 Å². The zero-order valence-electron chi connectivity index (χ0n) is 8.89. The molecule has 0 aliphatic carbocycles. The molecule has 0 spiro atoms. The van der Waals surface area contributed by atoms with E-state index in [9.17, 15) is 10.2 Å². The topological polar surface area (TPSA) is 40.5 Å². The van der Waals surface area contributed by atoms with E-state index in [4.69, 9.17) is 0 Å². The lowest BCUT2D eigenvalue weighted by molar-refractivity contribution is -0.175. The van der Waals surface area contributed by atoms with Crippen molar-refractivity contribution in [1.82, 2.24) is 0 Å². The van der Waals surface area contributed by atoms with Crippen molar-refractivity contribution in [3.63, 3.8) is 0 Å². The average molecular weight is 174 g/mol. The number of aliphatic hydroxyl groups is 2. The predicted molar refractivity (Wildman–Crippen MR) is 50.7 cm³/mol. The molecule has 0 heterocycles. The molecule has 2 heteroatoms. The first-order chi connectivity index (χ1) is 5.31. The van der Waals surface area contributed by atoms with Crippen LogP contribution in [0.15, 0.2) is 0 Å². The standard InChI is InChI=1S/C10H22O2/c1-6-9(3,4)10(5,7-2)8(11)12/h8,11-12H,6-7H2,1-5H3. The van der Waals surface area contributed by atoms with E-state index >= 15 is 0 Å². The van der Waals surface area contributed by atoms with Gasteiger partial charge in [-0.3, -0.25) is 0 Å². The molecule has 0 radical (unpaired) electrons. The van der Waals surface area contributed by atoms with Crippen molar-refractivity contribution >= 4 is 0 Å². The highest BCUT2D eigenvalue weighted by Gasteiger charge is 2.43. The van der Waals surface area contributed by atoms with Gasteiger partial charge in [-0.05, 0) is 11.8 Å². The Balaban J connectivity index is 4.74. The molecule has 0 aromatic heterocycles. The molecule has 0 aromatic carbocycles. The molecule has 12 heavy (non-hydrogen) atoms. The summed E-state index contributed by atoms with van der Waals surface area (Å²) < 4.78 is 0. The van der Waals surface area contributed by atoms with Crippen LogP contribution in [0.5, 0.6) is 0 Å². The summed E-state index contributed by atoms with van der Waals surface area (Å²) in [5.74, 6) is 0. The SMILES string of the molecule is CCC(C)(C)C(C)(CC)C(O)O. The molecule has 0 amide bonds. The summed E-state index contributed by atoms with van der Waals surface area (Å²) in [4.78, 5) is 0. The maximum atomic E-state index is 9.29. The number of hydrogen-bond acceptors (Lipinski definition) is 2. The zero-order valence-corrected chi connectivity index (χ0v) is 8.89. The minimum Gasteiger partial charge on any atom is -0.368 e. The van der Waals surface area contributed by atoms with E-state index < -0.39 is 11.7 Å². The van der Waals surface area contributed by atoms with Gasteiger partial charge in [-0.1, -0.05) is 41.0 Å². The summed E-state index contributed by atoms with van der Waals surface area (Å²) in [6.07, 6.45) is 0.512. The fraction of sp³-hybridized carbons (Fsp3) is 1.00. The lowest BCUT2D eigenvalue weighted by Gasteiger charge is -2.44. The highest BCUT2D eigenvalue weighted by Crippen LogP contribution is 2.45. The lowest BCUT2D eigenvalue weighted by Crippen LogP contribution is -2.44. The largest absolute Gasteiger partial charge is 0.368 e. The molecule has 2 N–H and O–H groups in total. The molecule has 0 aromatic rings. The molecule has 2 nitrogen and oxygen atoms in total. The molecule has 0 bridgehead atoms. The van der Waals surface area contributed by atoms with Crippen LogP contribution in [-0.4, -0.2) is 16.5 Å². The van der Waals surface area contributed by atoms with Gasteiger partial charge in [0.25, 0.3) is 0 Å². The first kappa shape index (κ1) is 11.9. The number of hydrogen-bond donors (Lipinski definition) is 2. The lowest BCUT2D eigenvalue weighted by atomic mass is 9.63. The van der Waals surface area contributed by atoms with E-state index in [1.54, 1.807) is 0 Å². The fourth-order valence-electron chi connectivity index (χ4n) is 1.41. The van der Waals surface area contributed by atoms with Crippen molar-refractivity contribution in [2.24, 2.45) is 10.8 Å². The smallest absolute Gasteiger partial charge is 0.157 e. The summed E-state index contributed by atoms with van der Waals surface area (Å²) in [7, 11) is 0. The third kappa shape index (κ3) is 1.80. The van der Waals surface area contributed by atoms with Crippen LogP contribution in [-0.2, 0) is 0 Å². The van der Waals surface area contributed by atoms with Crippen molar-refractivity contribution in [3.05, 3.63) is 0 Å². The Hall–Kier alpha value is -0.0800. The van der Waals surface area contributed by atoms with Crippen molar-refractivity contribution in [1.29, 1.82) is 0 Å². The van der Waals surface area contributed by atoms with E-state index in [1.165, 1.54) is 0 Å². The average Bonchev–Trinajstić information content (AvgIpc) is 2.02. The van der Waals surface area contributed by atoms with Crippen LogP contribution >= 0.6 is 0 Å². The molecule has 1 unspecified atom stereocenters. The van der Waals surface area contributed by atoms with Crippen molar-refractivity contribution in [2.45, 2.75) is 53.8 Å². The Morgan fingerprint density at radius 2 is 1.42 bits per heavy atom. The molecular formula is C10H22O2. The Labute approximate surface area is 75.6 Å². The van der Waals surface area contributed by atoms with Gasteiger partial charge in [-0.2, -0.15) is 0 Å². The quantitative estimate of drug-likeness (QED) is 0.641. The van der Waals surface area contributed by atoms with Crippen LogP contribution in [0, 0.1) is 10.8 Å². The van der Waals surface area contributed by atoms with E-state index in [-0.39, 0.29) is 5.41 Å². The van der Waals surface area contributed by atoms with E-state index in [2.05, 4.69) is 20.8 Å². The van der Waals surface area contributed by atoms with Crippen molar-refractivity contribution in [2.75, 3.05) is 0 Å². The Morgan fingerprint density at radius 3 is 1.50 bits per heavy atom. The maximum absolute atomic E-state index is 9.29. The summed E-state index contributed by atoms with van der Waals surface area (Å²) in [6.45, 7) is 10.2. The van der Waals surface area contributed by atoms with Crippen molar-refractivity contribution in [3.8, 4) is 0 Å². The number of aliphatic hydroxyl groups excluding tert-OH is 1. The van der Waals surface area contributed by atoms with Gasteiger partial charge >= 0.3 is 0 Å². The maximum Gasteiger partial charge on any atom is 0.157 e. The molecular weight excluding hydrogens is 152 g/mol. The highest BCUT2D eigenvalue weighted by molar-refractivity contribution is 4.89. The first-order valence-corrected chi connectivity index (χ1v) is 4.68. The van der Waals surface area contributed by atoms with Gasteiger partial charge in [0.05, 0.1) is 0 Å². The molecule has 1 atom stereocenters. The normalized spacial score (nSPS) is 18.0. The molecule has 0 aliphatic rings. The van der Waals surface area contributed by atoms with Crippen molar-refractivity contribution < 1.29 is 10.2 Å². The van der Waals surface area contributed by atoms with E-state index in [0.717, 1.165) is 12.8 Å². The highest BCUT2D eigenvalue weighted by atomic mass is 16.5. The predicted octanol–water partition coefficient (Wildman–Crippen LogP) is 2.15. The first-order valence-electron chi connectivity index (χ1n) is 4.68. The molecule has 0 rings (SSSR count). The molecule has 0 saturated heterocycles. The van der Waals surface area contributed by atoms with Crippen LogP contribution in [0.4, 0.5) is 0 Å². The summed E-state index contributed by atoms with van der Waals surface area (Å²) in [5.41, 5.74) is -0.433. The van der Waals surface area contributed by atoms with Gasteiger partial charge in [0.1, 0.15) is 0 Å². The molecule has 0 saturated carbocycles. The van der Waals surface area contributed by atoms with Gasteiger partial charge in [0, 0.05) is 5.41 Å². The third-order valence-electron chi connectivity index (χ3n) is 3.73. The second-order valence-corrected chi connectivity index (χ2v) is 4.38. The molecule has 74 valence electrons. The third-order valence-corrected chi connectivity index (χ3v) is 3.73. The minimum atomic E-state index is -1.22. The van der Waals surface area contributed by atoms with E-state index in [1.807, 2.05) is 13.8 Å². The second-order valence-electron chi connectivity index (χ2n) is 4.38. The number of rotatable bonds is 4. The Kier molecular flexibility index (Phi) is 3.73. The van der Waals surface area contributed by atoms with Crippen LogP contribution in [0.2, 0.25) is 0 Å². The van der Waals surface area contributed by atoms with Crippen LogP contribution in [0.25, 0.3) is 0 Å². The van der Waals surface area contributed by atoms with Gasteiger partial charge in [0.15, 0.2) is 6.29 Å². The van der Waals surface area contributed by atoms with Gasteiger partial charge in [-0.15, -0.1) is 0 Å². The second kappa shape index (κ2) is 3.75. The monoisotopic (exact) mass is 174 g/mol. The molecule has 0 fully saturated rings. The van der Waals surface area contributed by atoms with E-state index in [0.29, 0.717) is 0 Å². The minimum absolute atomic E-state index is 0.0318. The summed E-state index contributed by atoms with van der Waals surface area (Å²) in [6, 6.07) is 0. The summed E-state index contributed by atoms with van der Waals surface area (Å²) in [5, 5.41) is 18.6. The summed E-state index contributed by atoms with van der Waals surface area (Å²) >= 11 is 0. The van der Waals surface area contributed by atoms with Gasteiger partial charge < -0.3 is 10.2 Å².